The zero-order chi connectivity index (χ0) is 23.1. The Balaban J connectivity index is 1.82. The first kappa shape index (κ1) is 23.0. The number of halogens is 3. The minimum atomic E-state index is -4.44. The number of amides is 1. The van der Waals surface area contributed by atoms with Gasteiger partial charge in [0.2, 0.25) is 5.88 Å². The van der Waals surface area contributed by atoms with E-state index in [1.807, 2.05) is 0 Å². The number of pyridine rings is 2. The number of alkyl halides is 3. The SMILES string of the molecule is COCCOc1cc(C(N)=O)c(OCc2cccnc2-c2ccnn2CC(F)(F)F)cn1. The molecule has 2 N–H and O–H groups in total. The van der Waals surface area contributed by atoms with Crippen LogP contribution < -0.4 is 15.2 Å². The van der Waals surface area contributed by atoms with E-state index in [0.717, 1.165) is 4.68 Å². The van der Waals surface area contributed by atoms with Crippen LogP contribution in [0.2, 0.25) is 0 Å². The molecule has 3 aromatic heterocycles. The van der Waals surface area contributed by atoms with Gasteiger partial charge < -0.3 is 19.9 Å². The van der Waals surface area contributed by atoms with Crippen molar-refractivity contribution in [3.05, 3.63) is 54.0 Å². The molecule has 0 aliphatic rings. The fourth-order valence-electron chi connectivity index (χ4n) is 2.81. The third-order valence-corrected chi connectivity index (χ3v) is 4.21. The third-order valence-electron chi connectivity index (χ3n) is 4.21. The molecule has 3 aromatic rings. The molecule has 3 heterocycles. The van der Waals surface area contributed by atoms with Gasteiger partial charge in [-0.25, -0.2) is 4.98 Å². The van der Waals surface area contributed by atoms with E-state index in [2.05, 4.69) is 15.1 Å². The molecule has 9 nitrogen and oxygen atoms in total. The van der Waals surface area contributed by atoms with Crippen molar-refractivity contribution in [3.8, 4) is 23.0 Å². The van der Waals surface area contributed by atoms with Gasteiger partial charge in [0.05, 0.1) is 29.8 Å². The van der Waals surface area contributed by atoms with Crippen molar-refractivity contribution in [2.45, 2.75) is 19.3 Å². The molecule has 0 saturated heterocycles. The summed E-state index contributed by atoms with van der Waals surface area (Å²) in [4.78, 5) is 20.1. The van der Waals surface area contributed by atoms with Crippen LogP contribution in [0.25, 0.3) is 11.4 Å². The molecule has 1 amide bonds. The van der Waals surface area contributed by atoms with Crippen molar-refractivity contribution in [3.63, 3.8) is 0 Å². The van der Waals surface area contributed by atoms with Gasteiger partial charge in [-0.1, -0.05) is 6.07 Å². The van der Waals surface area contributed by atoms with Crippen molar-refractivity contribution in [1.82, 2.24) is 19.7 Å². The van der Waals surface area contributed by atoms with E-state index in [1.54, 1.807) is 12.1 Å². The van der Waals surface area contributed by atoms with Gasteiger partial charge in [-0.15, -0.1) is 0 Å². The molecule has 0 bridgehead atoms. The maximum Gasteiger partial charge on any atom is 0.408 e. The van der Waals surface area contributed by atoms with Crippen LogP contribution in [0.5, 0.6) is 11.6 Å². The van der Waals surface area contributed by atoms with Crippen molar-refractivity contribution in [1.29, 1.82) is 0 Å². The molecule has 0 saturated carbocycles. The van der Waals surface area contributed by atoms with Crippen molar-refractivity contribution in [2.75, 3.05) is 20.3 Å². The molecular formula is C20H20F3N5O4. The second-order valence-electron chi connectivity index (χ2n) is 6.51. The number of primary amides is 1. The quantitative estimate of drug-likeness (QED) is 0.471. The highest BCUT2D eigenvalue weighted by atomic mass is 19.4. The molecule has 0 aliphatic carbocycles. The molecule has 32 heavy (non-hydrogen) atoms. The lowest BCUT2D eigenvalue weighted by atomic mass is 10.1. The highest BCUT2D eigenvalue weighted by Gasteiger charge is 2.30. The molecular weight excluding hydrogens is 431 g/mol. The Hall–Kier alpha value is -3.67. The van der Waals surface area contributed by atoms with Gasteiger partial charge in [0.15, 0.2) is 5.75 Å². The minimum absolute atomic E-state index is 0.0416. The third kappa shape index (κ3) is 5.94. The van der Waals surface area contributed by atoms with E-state index >= 15 is 0 Å². The summed E-state index contributed by atoms with van der Waals surface area (Å²) in [6.07, 6.45) is -0.447. The molecule has 3 rings (SSSR count). The number of nitrogens with two attached hydrogens (primary N) is 1. The normalized spacial score (nSPS) is 11.4. The molecule has 0 unspecified atom stereocenters. The van der Waals surface area contributed by atoms with Crippen molar-refractivity contribution in [2.24, 2.45) is 5.73 Å². The Labute approximate surface area is 180 Å². The lowest BCUT2D eigenvalue weighted by Crippen LogP contribution is -2.19. The Morgan fingerprint density at radius 1 is 1.16 bits per heavy atom. The number of aromatic nitrogens is 4. The van der Waals surface area contributed by atoms with Gasteiger partial charge in [0.1, 0.15) is 19.8 Å². The van der Waals surface area contributed by atoms with E-state index in [1.165, 1.54) is 37.8 Å². The number of methoxy groups -OCH3 is 1. The van der Waals surface area contributed by atoms with Gasteiger partial charge in [-0.3, -0.25) is 14.5 Å². The molecule has 0 fully saturated rings. The molecule has 0 atom stereocenters. The van der Waals surface area contributed by atoms with Crippen LogP contribution in [0.3, 0.4) is 0 Å². The smallest absolute Gasteiger partial charge is 0.408 e. The average molecular weight is 451 g/mol. The Bertz CT molecular complexity index is 1070. The Kier molecular flexibility index (Phi) is 7.25. The topological polar surface area (TPSA) is 114 Å². The second-order valence-corrected chi connectivity index (χ2v) is 6.51. The molecule has 0 aliphatic heterocycles. The van der Waals surface area contributed by atoms with Crippen LogP contribution in [-0.2, 0) is 17.9 Å². The predicted molar refractivity (Wildman–Crippen MR) is 106 cm³/mol. The van der Waals surface area contributed by atoms with Crippen LogP contribution in [0, 0.1) is 0 Å². The maximum atomic E-state index is 12.9. The zero-order valence-electron chi connectivity index (χ0n) is 17.0. The summed E-state index contributed by atoms with van der Waals surface area (Å²) >= 11 is 0. The summed E-state index contributed by atoms with van der Waals surface area (Å²) in [5.74, 6) is -0.495. The van der Waals surface area contributed by atoms with E-state index in [-0.39, 0.29) is 41.8 Å². The molecule has 12 heteroatoms. The molecule has 0 spiro atoms. The number of hydrogen-bond acceptors (Lipinski definition) is 7. The predicted octanol–water partition coefficient (Wildman–Crippen LogP) is 2.61. The first-order chi connectivity index (χ1) is 15.3. The number of hydrogen-bond donors (Lipinski definition) is 1. The van der Waals surface area contributed by atoms with Crippen LogP contribution in [-0.4, -0.2) is 52.2 Å². The lowest BCUT2D eigenvalue weighted by molar-refractivity contribution is -0.142. The van der Waals surface area contributed by atoms with E-state index < -0.39 is 18.6 Å². The summed E-state index contributed by atoms with van der Waals surface area (Å²) in [6.45, 7) is -0.800. The van der Waals surface area contributed by atoms with Gasteiger partial charge in [-0.2, -0.15) is 18.3 Å². The van der Waals surface area contributed by atoms with E-state index in [4.69, 9.17) is 19.9 Å². The van der Waals surface area contributed by atoms with Gasteiger partial charge in [0.25, 0.3) is 5.91 Å². The molecule has 170 valence electrons. The van der Waals surface area contributed by atoms with Crippen molar-refractivity contribution >= 4 is 5.91 Å². The number of ether oxygens (including phenoxy) is 3. The fraction of sp³-hybridized carbons (Fsp3) is 0.300. The number of carbonyl (C=O) groups is 1. The van der Waals surface area contributed by atoms with E-state index in [0.29, 0.717) is 12.2 Å². The van der Waals surface area contributed by atoms with Crippen LogP contribution in [0.4, 0.5) is 13.2 Å². The first-order valence-electron chi connectivity index (χ1n) is 9.35. The van der Waals surface area contributed by atoms with Crippen LogP contribution in [0.15, 0.2) is 42.9 Å². The summed E-state index contributed by atoms with van der Waals surface area (Å²) in [5, 5.41) is 3.74. The minimum Gasteiger partial charge on any atom is -0.486 e. The highest BCUT2D eigenvalue weighted by molar-refractivity contribution is 5.95. The highest BCUT2D eigenvalue weighted by Crippen LogP contribution is 2.27. The second kappa shape index (κ2) is 10.1. The van der Waals surface area contributed by atoms with Gasteiger partial charge in [0, 0.05) is 31.1 Å². The molecule has 0 radical (unpaired) electrons. The zero-order valence-corrected chi connectivity index (χ0v) is 17.0. The number of carbonyl (C=O) groups excluding carboxylic acids is 1. The largest absolute Gasteiger partial charge is 0.486 e. The lowest BCUT2D eigenvalue weighted by Gasteiger charge is -2.14. The monoisotopic (exact) mass is 451 g/mol. The standard InChI is InChI=1S/C20H20F3N5O4/c1-30-7-8-31-17-9-14(19(24)29)16(10-26-17)32-11-13-3-2-5-25-18(13)15-4-6-27-28(15)12-20(21,22)23/h2-6,9-10H,7-8,11-12H2,1H3,(H2,24,29). The summed E-state index contributed by atoms with van der Waals surface area (Å²) in [5.41, 5.74) is 6.40. The Morgan fingerprint density at radius 2 is 1.97 bits per heavy atom. The van der Waals surface area contributed by atoms with Crippen LogP contribution in [0.1, 0.15) is 15.9 Å². The maximum absolute atomic E-state index is 12.9. The van der Waals surface area contributed by atoms with Crippen LogP contribution >= 0.6 is 0 Å². The summed E-state index contributed by atoms with van der Waals surface area (Å²) < 4.78 is 55.4. The average Bonchev–Trinajstić information content (AvgIpc) is 3.19. The molecule has 0 aromatic carbocycles. The summed E-state index contributed by atoms with van der Waals surface area (Å²) in [7, 11) is 1.52. The van der Waals surface area contributed by atoms with E-state index in [9.17, 15) is 18.0 Å². The van der Waals surface area contributed by atoms with Gasteiger partial charge >= 0.3 is 6.18 Å². The Morgan fingerprint density at radius 3 is 2.69 bits per heavy atom. The fourth-order valence-corrected chi connectivity index (χ4v) is 2.81. The first-order valence-corrected chi connectivity index (χ1v) is 9.35. The number of rotatable bonds is 10. The van der Waals surface area contributed by atoms with Gasteiger partial charge in [-0.05, 0) is 12.1 Å². The summed E-state index contributed by atoms with van der Waals surface area (Å²) in [6, 6.07) is 6.04. The van der Waals surface area contributed by atoms with Crippen molar-refractivity contribution < 1.29 is 32.2 Å². The number of nitrogens with zero attached hydrogens (tertiary/aromatic N) is 4.